The molecule has 0 aromatic rings. The average molecular weight is 993 g/mol. The number of aliphatic hydroxyl groups excluding tert-OH is 1. The molecule has 0 heterocycles. The number of carbonyl (C=O) groups is 1. The van der Waals surface area contributed by atoms with Crippen LogP contribution in [0.5, 0.6) is 0 Å². The minimum absolute atomic E-state index is 0.0538. The van der Waals surface area contributed by atoms with Gasteiger partial charge in [0.1, 0.15) is 13.2 Å². The lowest BCUT2D eigenvalue weighted by atomic mass is 10.0. The Morgan fingerprint density at radius 2 is 0.841 bits per heavy atom. The summed E-state index contributed by atoms with van der Waals surface area (Å²) < 4.78 is 23.6. The third kappa shape index (κ3) is 54.1. The number of likely N-dealkylation sites (N-methyl/N-ethyl adjacent to an activating group) is 1. The summed E-state index contributed by atoms with van der Waals surface area (Å²) in [4.78, 5) is 23.2. The molecule has 0 aromatic carbocycles. The summed E-state index contributed by atoms with van der Waals surface area (Å²) in [6.07, 6.45) is 68.4. The predicted molar refractivity (Wildman–Crippen MR) is 300 cm³/mol. The van der Waals surface area contributed by atoms with Crippen molar-refractivity contribution in [3.05, 3.63) is 48.6 Å². The van der Waals surface area contributed by atoms with Crippen LogP contribution in [0.1, 0.15) is 277 Å². The molecule has 406 valence electrons. The van der Waals surface area contributed by atoms with Crippen molar-refractivity contribution in [1.29, 1.82) is 0 Å². The van der Waals surface area contributed by atoms with Crippen molar-refractivity contribution in [2.24, 2.45) is 0 Å². The maximum atomic E-state index is 12.9. The first-order valence-electron chi connectivity index (χ1n) is 29.5. The van der Waals surface area contributed by atoms with E-state index in [1.165, 1.54) is 205 Å². The van der Waals surface area contributed by atoms with Crippen molar-refractivity contribution < 1.29 is 32.9 Å². The van der Waals surface area contributed by atoms with Gasteiger partial charge in [-0.2, -0.15) is 0 Å². The smallest absolute Gasteiger partial charge is 0.387 e. The highest BCUT2D eigenvalue weighted by Crippen LogP contribution is 2.43. The summed E-state index contributed by atoms with van der Waals surface area (Å²) in [6, 6.07) is -0.867. The Labute approximate surface area is 429 Å². The number of nitrogens with zero attached hydrogens (tertiary/aromatic N) is 1. The second-order valence-electron chi connectivity index (χ2n) is 21.3. The Morgan fingerprint density at radius 1 is 0.493 bits per heavy atom. The van der Waals surface area contributed by atoms with Gasteiger partial charge in [-0.1, -0.05) is 255 Å². The van der Waals surface area contributed by atoms with E-state index in [1.54, 1.807) is 6.08 Å². The number of phosphoric acid groups is 1. The summed E-state index contributed by atoms with van der Waals surface area (Å²) in [6.45, 7) is 4.68. The van der Waals surface area contributed by atoms with E-state index in [2.05, 4.69) is 55.6 Å². The lowest BCUT2D eigenvalue weighted by molar-refractivity contribution is -0.870. The first kappa shape index (κ1) is 67.5. The van der Waals surface area contributed by atoms with Crippen LogP contribution in [0.15, 0.2) is 48.6 Å². The van der Waals surface area contributed by atoms with Crippen molar-refractivity contribution in [3.63, 3.8) is 0 Å². The van der Waals surface area contributed by atoms with Crippen LogP contribution in [-0.4, -0.2) is 73.4 Å². The van der Waals surface area contributed by atoms with Crippen molar-refractivity contribution in [2.45, 2.75) is 289 Å². The molecule has 3 unspecified atom stereocenters. The molecular weight excluding hydrogens is 876 g/mol. The van der Waals surface area contributed by atoms with Crippen LogP contribution in [0, 0.1) is 0 Å². The number of phosphoric ester groups is 1. The number of amides is 1. The number of quaternary nitrogens is 1. The number of allylic oxidation sites excluding steroid dienone is 7. The van der Waals surface area contributed by atoms with Gasteiger partial charge >= 0.3 is 7.82 Å². The van der Waals surface area contributed by atoms with E-state index >= 15 is 0 Å². The van der Waals surface area contributed by atoms with E-state index in [0.29, 0.717) is 17.4 Å². The topological polar surface area (TPSA) is 105 Å². The van der Waals surface area contributed by atoms with E-state index in [4.69, 9.17) is 9.05 Å². The predicted octanol–water partition coefficient (Wildman–Crippen LogP) is 17.9. The second kappa shape index (κ2) is 51.4. The zero-order chi connectivity index (χ0) is 50.6. The van der Waals surface area contributed by atoms with Gasteiger partial charge in [0.05, 0.1) is 39.9 Å². The molecule has 1 amide bonds. The molecule has 0 spiro atoms. The number of nitrogens with one attached hydrogen (secondary N) is 1. The first-order valence-corrected chi connectivity index (χ1v) is 31.0. The normalized spacial score (nSPS) is 14.2. The largest absolute Gasteiger partial charge is 0.472 e. The standard InChI is InChI=1S/C60H115N2O6P/c1-6-8-10-12-14-16-18-19-20-21-22-23-24-25-26-27-28-29-30-31-32-33-34-35-36-37-38-39-40-41-42-43-44-46-48-50-52-54-60(64)61-58(57-68-69(65,66)67-56-55-62(3,4)5)59(63)53-51-49-47-45-17-15-13-11-9-7-2/h9,11,17,21-22,45,51,53,58-59,63H,6-8,10,12-16,18-20,23-44,46-50,52,54-57H2,1-5H3,(H-,61,64,65,66)/p+1/b11-9+,22-21-,45-17+,53-51+. The fourth-order valence-corrected chi connectivity index (χ4v) is 9.40. The summed E-state index contributed by atoms with van der Waals surface area (Å²) >= 11 is 0. The summed E-state index contributed by atoms with van der Waals surface area (Å²) in [5, 5.41) is 13.8. The van der Waals surface area contributed by atoms with Crippen LogP contribution in [-0.2, 0) is 18.4 Å². The van der Waals surface area contributed by atoms with E-state index < -0.39 is 20.0 Å². The van der Waals surface area contributed by atoms with E-state index in [9.17, 15) is 19.4 Å². The van der Waals surface area contributed by atoms with Gasteiger partial charge in [-0.15, -0.1) is 0 Å². The van der Waals surface area contributed by atoms with Gasteiger partial charge in [0.15, 0.2) is 0 Å². The third-order valence-corrected chi connectivity index (χ3v) is 14.2. The monoisotopic (exact) mass is 992 g/mol. The van der Waals surface area contributed by atoms with Crippen LogP contribution in [0.4, 0.5) is 0 Å². The van der Waals surface area contributed by atoms with Gasteiger partial charge < -0.3 is 19.8 Å². The van der Waals surface area contributed by atoms with Crippen molar-refractivity contribution in [1.82, 2.24) is 5.32 Å². The number of carbonyl (C=O) groups excluding carboxylic acids is 1. The summed E-state index contributed by atoms with van der Waals surface area (Å²) in [5.74, 6) is -0.190. The van der Waals surface area contributed by atoms with Gasteiger partial charge in [-0.3, -0.25) is 13.8 Å². The van der Waals surface area contributed by atoms with Crippen molar-refractivity contribution in [2.75, 3.05) is 40.9 Å². The zero-order valence-corrected chi connectivity index (χ0v) is 47.2. The quantitative estimate of drug-likeness (QED) is 0.0243. The molecule has 0 aromatic heterocycles. The molecule has 69 heavy (non-hydrogen) atoms. The maximum absolute atomic E-state index is 12.9. The first-order chi connectivity index (χ1) is 33.5. The Kier molecular flexibility index (Phi) is 50.2. The minimum atomic E-state index is -4.35. The fourth-order valence-electron chi connectivity index (χ4n) is 8.67. The molecule has 3 N–H and O–H groups in total. The van der Waals surface area contributed by atoms with E-state index in [1.807, 2.05) is 27.2 Å². The Bertz CT molecular complexity index is 1260. The van der Waals surface area contributed by atoms with Crippen LogP contribution in [0.3, 0.4) is 0 Å². The molecule has 9 heteroatoms. The number of unbranched alkanes of at least 4 members (excludes halogenated alkanes) is 35. The highest BCUT2D eigenvalue weighted by molar-refractivity contribution is 7.47. The van der Waals surface area contributed by atoms with Gasteiger partial charge in [0.25, 0.3) is 0 Å². The van der Waals surface area contributed by atoms with Gasteiger partial charge in [-0.05, 0) is 64.2 Å². The Morgan fingerprint density at radius 3 is 1.23 bits per heavy atom. The number of rotatable bonds is 54. The number of hydrogen-bond donors (Lipinski definition) is 3. The minimum Gasteiger partial charge on any atom is -0.387 e. The lowest BCUT2D eigenvalue weighted by Crippen LogP contribution is -2.45. The third-order valence-electron chi connectivity index (χ3n) is 13.3. The molecule has 0 radical (unpaired) electrons. The number of hydrogen-bond acceptors (Lipinski definition) is 5. The lowest BCUT2D eigenvalue weighted by Gasteiger charge is -2.25. The highest BCUT2D eigenvalue weighted by atomic mass is 31.2. The molecule has 0 saturated heterocycles. The van der Waals surface area contributed by atoms with Crippen molar-refractivity contribution >= 4 is 13.7 Å². The molecule has 0 aliphatic heterocycles. The Hall–Kier alpha value is -1.54. The molecule has 0 aliphatic rings. The maximum Gasteiger partial charge on any atom is 0.472 e. The summed E-state index contributed by atoms with van der Waals surface area (Å²) in [7, 11) is 1.55. The van der Waals surface area contributed by atoms with Crippen LogP contribution >= 0.6 is 7.82 Å². The van der Waals surface area contributed by atoms with Crippen LogP contribution in [0.2, 0.25) is 0 Å². The summed E-state index contributed by atoms with van der Waals surface area (Å²) in [5.41, 5.74) is 0. The SMILES string of the molecule is CC/C=C/CC/C=C/CC/C=C/C(O)C(COP(=O)(O)OCC[N+](C)(C)C)NC(=O)CCCCCCCCCCCCCCCCCCCCCCCCCCC/C=C\CCCCCCCCCC. The fraction of sp³-hybridized carbons (Fsp3) is 0.850. The Balaban J connectivity index is 3.85. The molecule has 0 aliphatic carbocycles. The zero-order valence-electron chi connectivity index (χ0n) is 46.3. The van der Waals surface area contributed by atoms with Gasteiger partial charge in [0, 0.05) is 6.42 Å². The van der Waals surface area contributed by atoms with Crippen LogP contribution in [0.25, 0.3) is 0 Å². The van der Waals surface area contributed by atoms with E-state index in [-0.39, 0.29) is 19.1 Å². The average Bonchev–Trinajstić information content (AvgIpc) is 3.31. The van der Waals surface area contributed by atoms with Crippen molar-refractivity contribution in [3.8, 4) is 0 Å². The molecule has 8 nitrogen and oxygen atoms in total. The molecule has 0 rings (SSSR count). The molecule has 0 bridgehead atoms. The van der Waals surface area contributed by atoms with Crippen LogP contribution < -0.4 is 5.32 Å². The molecular formula is C60H116N2O6P+. The molecule has 3 atom stereocenters. The van der Waals surface area contributed by atoms with Gasteiger partial charge in [0.2, 0.25) is 5.91 Å². The van der Waals surface area contributed by atoms with Gasteiger partial charge in [-0.25, -0.2) is 4.57 Å². The highest BCUT2D eigenvalue weighted by Gasteiger charge is 2.27. The molecule has 0 saturated carbocycles. The second-order valence-corrected chi connectivity index (χ2v) is 22.8. The van der Waals surface area contributed by atoms with E-state index in [0.717, 1.165) is 51.4 Å². The number of aliphatic hydroxyl groups is 1. The molecule has 0 fully saturated rings.